The molecule has 0 saturated carbocycles. The Bertz CT molecular complexity index is 655. The van der Waals surface area contributed by atoms with Crippen molar-refractivity contribution < 1.29 is 18.6 Å². The molecule has 1 aliphatic carbocycles. The maximum Gasteiger partial charge on any atom is 0.159 e. The molecule has 4 heteroatoms. The first-order chi connectivity index (χ1) is 10.1. The molecule has 2 aromatic rings. The van der Waals surface area contributed by atoms with Gasteiger partial charge in [0.2, 0.25) is 0 Å². The fourth-order valence-electron chi connectivity index (χ4n) is 2.64. The summed E-state index contributed by atoms with van der Waals surface area (Å²) in [5.41, 5.74) is 2.62. The van der Waals surface area contributed by atoms with E-state index in [1.54, 1.807) is 0 Å². The molecule has 0 saturated heterocycles. The van der Waals surface area contributed by atoms with Crippen LogP contribution in [-0.4, -0.2) is 5.11 Å². The van der Waals surface area contributed by atoms with Gasteiger partial charge in [0.25, 0.3) is 0 Å². The zero-order chi connectivity index (χ0) is 14.8. The molecule has 0 heterocycles. The number of benzene rings is 2. The van der Waals surface area contributed by atoms with Crippen LogP contribution < -0.4 is 4.74 Å². The van der Waals surface area contributed by atoms with E-state index in [0.29, 0.717) is 11.3 Å². The van der Waals surface area contributed by atoms with E-state index in [-0.39, 0.29) is 6.61 Å². The summed E-state index contributed by atoms with van der Waals surface area (Å²) in [5, 5.41) is 9.99. The van der Waals surface area contributed by atoms with Crippen molar-refractivity contribution in [2.24, 2.45) is 0 Å². The number of ether oxygens (including phenoxy) is 1. The second-order valence-corrected chi connectivity index (χ2v) is 5.31. The predicted molar refractivity (Wildman–Crippen MR) is 75.0 cm³/mol. The summed E-state index contributed by atoms with van der Waals surface area (Å²) >= 11 is 0. The summed E-state index contributed by atoms with van der Waals surface area (Å²) in [6.07, 6.45) is 2.28. The zero-order valence-electron chi connectivity index (χ0n) is 11.5. The van der Waals surface area contributed by atoms with E-state index in [2.05, 4.69) is 0 Å². The molecule has 2 nitrogen and oxygen atoms in total. The third-order valence-electron chi connectivity index (χ3n) is 3.79. The standard InChI is InChI=1S/C17H16F2O2/c18-15-7-4-11(8-16(15)19)10-21-13-6-5-12-2-1-3-17(20)14(12)9-13/h4-9,17,20H,1-3,10H2. The van der Waals surface area contributed by atoms with Crippen LogP contribution in [0, 0.1) is 11.6 Å². The summed E-state index contributed by atoms with van der Waals surface area (Å²) in [6.45, 7) is 0.159. The first-order valence-corrected chi connectivity index (χ1v) is 7.01. The Kier molecular flexibility index (Phi) is 3.88. The smallest absolute Gasteiger partial charge is 0.159 e. The van der Waals surface area contributed by atoms with Crippen molar-refractivity contribution in [1.82, 2.24) is 0 Å². The van der Waals surface area contributed by atoms with Gasteiger partial charge >= 0.3 is 0 Å². The van der Waals surface area contributed by atoms with Crippen molar-refractivity contribution in [2.75, 3.05) is 0 Å². The molecule has 1 atom stereocenters. The molecule has 0 fully saturated rings. The van der Waals surface area contributed by atoms with Gasteiger partial charge < -0.3 is 9.84 Å². The van der Waals surface area contributed by atoms with Crippen molar-refractivity contribution in [3.63, 3.8) is 0 Å². The fourth-order valence-corrected chi connectivity index (χ4v) is 2.64. The minimum atomic E-state index is -0.878. The number of halogens is 2. The predicted octanol–water partition coefficient (Wildman–Crippen LogP) is 3.91. The van der Waals surface area contributed by atoms with Gasteiger partial charge in [-0.2, -0.15) is 0 Å². The number of hydrogen-bond donors (Lipinski definition) is 1. The van der Waals surface area contributed by atoms with Crippen LogP contribution in [0.1, 0.15) is 35.6 Å². The normalized spacial score (nSPS) is 17.4. The Hall–Kier alpha value is -1.94. The molecule has 0 radical (unpaired) electrons. The van der Waals surface area contributed by atoms with Gasteiger partial charge in [0.1, 0.15) is 12.4 Å². The van der Waals surface area contributed by atoms with Crippen LogP contribution in [0.4, 0.5) is 8.78 Å². The number of aliphatic hydroxyl groups is 1. The first kappa shape index (κ1) is 14.0. The third-order valence-corrected chi connectivity index (χ3v) is 3.79. The van der Waals surface area contributed by atoms with E-state index in [1.807, 2.05) is 18.2 Å². The molecule has 21 heavy (non-hydrogen) atoms. The molecule has 1 N–H and O–H groups in total. The molecule has 1 aliphatic rings. The third kappa shape index (κ3) is 3.05. The van der Waals surface area contributed by atoms with E-state index >= 15 is 0 Å². The highest BCUT2D eigenvalue weighted by Crippen LogP contribution is 2.32. The second kappa shape index (κ2) is 5.82. The van der Waals surface area contributed by atoms with Gasteiger partial charge in [-0.05, 0) is 60.2 Å². The lowest BCUT2D eigenvalue weighted by Crippen LogP contribution is -2.09. The Morgan fingerprint density at radius 2 is 1.95 bits per heavy atom. The first-order valence-electron chi connectivity index (χ1n) is 7.01. The Balaban J connectivity index is 1.73. The molecular weight excluding hydrogens is 274 g/mol. The summed E-state index contributed by atoms with van der Waals surface area (Å²) in [6, 6.07) is 9.34. The minimum Gasteiger partial charge on any atom is -0.489 e. The van der Waals surface area contributed by atoms with Crippen molar-refractivity contribution in [1.29, 1.82) is 0 Å². The summed E-state index contributed by atoms with van der Waals surface area (Å²) in [4.78, 5) is 0. The fraction of sp³-hybridized carbons (Fsp3) is 0.294. The van der Waals surface area contributed by atoms with Gasteiger partial charge in [-0.3, -0.25) is 0 Å². The van der Waals surface area contributed by atoms with Gasteiger partial charge in [0.15, 0.2) is 11.6 Å². The van der Waals surface area contributed by atoms with Gasteiger partial charge in [0.05, 0.1) is 6.10 Å². The summed E-state index contributed by atoms with van der Waals surface area (Å²) < 4.78 is 31.6. The van der Waals surface area contributed by atoms with Crippen LogP contribution >= 0.6 is 0 Å². The quantitative estimate of drug-likeness (QED) is 0.928. The molecular formula is C17H16F2O2. The average Bonchev–Trinajstić information content (AvgIpc) is 2.49. The topological polar surface area (TPSA) is 29.5 Å². The monoisotopic (exact) mass is 290 g/mol. The Morgan fingerprint density at radius 1 is 1.10 bits per heavy atom. The number of aryl methyl sites for hydroxylation is 1. The van der Waals surface area contributed by atoms with Crippen LogP contribution in [0.15, 0.2) is 36.4 Å². The molecule has 1 unspecified atom stereocenters. The largest absolute Gasteiger partial charge is 0.489 e. The van der Waals surface area contributed by atoms with Gasteiger partial charge in [-0.25, -0.2) is 8.78 Å². The maximum atomic E-state index is 13.1. The van der Waals surface area contributed by atoms with Crippen LogP contribution in [0.5, 0.6) is 5.75 Å². The van der Waals surface area contributed by atoms with Gasteiger partial charge in [0, 0.05) is 0 Å². The minimum absolute atomic E-state index is 0.159. The SMILES string of the molecule is OC1CCCc2ccc(OCc3ccc(F)c(F)c3)cc21. The second-order valence-electron chi connectivity index (χ2n) is 5.31. The molecule has 2 aromatic carbocycles. The molecule has 0 amide bonds. The average molecular weight is 290 g/mol. The number of fused-ring (bicyclic) bond motifs is 1. The molecule has 0 spiro atoms. The molecule has 3 rings (SSSR count). The number of rotatable bonds is 3. The molecule has 0 aliphatic heterocycles. The van der Waals surface area contributed by atoms with Crippen molar-refractivity contribution in [2.45, 2.75) is 32.0 Å². The van der Waals surface area contributed by atoms with Crippen molar-refractivity contribution in [3.8, 4) is 5.75 Å². The van der Waals surface area contributed by atoms with Crippen LogP contribution in [0.3, 0.4) is 0 Å². The van der Waals surface area contributed by atoms with Crippen LogP contribution in [0.25, 0.3) is 0 Å². The van der Waals surface area contributed by atoms with Crippen LogP contribution in [0.2, 0.25) is 0 Å². The lowest BCUT2D eigenvalue weighted by molar-refractivity contribution is 0.156. The Morgan fingerprint density at radius 3 is 2.76 bits per heavy atom. The number of aliphatic hydroxyl groups excluding tert-OH is 1. The van der Waals surface area contributed by atoms with Gasteiger partial charge in [-0.15, -0.1) is 0 Å². The zero-order valence-corrected chi connectivity index (χ0v) is 11.5. The Labute approximate surface area is 122 Å². The van der Waals surface area contributed by atoms with E-state index in [0.717, 1.165) is 42.5 Å². The highest BCUT2D eigenvalue weighted by molar-refractivity contribution is 5.38. The lowest BCUT2D eigenvalue weighted by atomic mass is 9.89. The van der Waals surface area contributed by atoms with Crippen molar-refractivity contribution in [3.05, 3.63) is 64.7 Å². The number of hydrogen-bond acceptors (Lipinski definition) is 2. The van der Waals surface area contributed by atoms with E-state index in [9.17, 15) is 13.9 Å². The van der Waals surface area contributed by atoms with E-state index < -0.39 is 17.7 Å². The highest BCUT2D eigenvalue weighted by atomic mass is 19.2. The highest BCUT2D eigenvalue weighted by Gasteiger charge is 2.18. The van der Waals surface area contributed by atoms with E-state index in [1.165, 1.54) is 6.07 Å². The maximum absolute atomic E-state index is 13.1. The molecule has 110 valence electrons. The summed E-state index contributed by atoms with van der Waals surface area (Å²) in [7, 11) is 0. The molecule has 0 bridgehead atoms. The van der Waals surface area contributed by atoms with E-state index in [4.69, 9.17) is 4.74 Å². The van der Waals surface area contributed by atoms with Crippen molar-refractivity contribution >= 4 is 0 Å². The summed E-state index contributed by atoms with van der Waals surface area (Å²) in [5.74, 6) is -1.12. The van der Waals surface area contributed by atoms with Crippen LogP contribution in [-0.2, 0) is 13.0 Å². The molecule has 0 aromatic heterocycles. The lowest BCUT2D eigenvalue weighted by Gasteiger charge is -2.22. The van der Waals surface area contributed by atoms with Gasteiger partial charge in [-0.1, -0.05) is 12.1 Å².